The van der Waals surface area contributed by atoms with Crippen LogP contribution in [0, 0.1) is 23.0 Å². The van der Waals surface area contributed by atoms with E-state index in [1.807, 2.05) is 31.7 Å². The van der Waals surface area contributed by atoms with Crippen molar-refractivity contribution in [2.45, 2.75) is 64.3 Å². The van der Waals surface area contributed by atoms with Gasteiger partial charge in [-0.2, -0.15) is 28.4 Å². The molecule has 0 radical (unpaired) electrons. The molecule has 2 fully saturated rings. The molecule has 2 saturated heterocycles. The van der Waals surface area contributed by atoms with Crippen LogP contribution in [0.5, 0.6) is 6.01 Å². The maximum absolute atomic E-state index is 16.7. The zero-order valence-corrected chi connectivity index (χ0v) is 26.7. The summed E-state index contributed by atoms with van der Waals surface area (Å²) in [6, 6.07) is 4.26. The summed E-state index contributed by atoms with van der Waals surface area (Å²) in [5.41, 5.74) is 2.08. The molecule has 0 amide bonds. The van der Waals surface area contributed by atoms with Gasteiger partial charge in [0.1, 0.15) is 41.0 Å². The van der Waals surface area contributed by atoms with Gasteiger partial charge >= 0.3 is 12.2 Å². The first-order chi connectivity index (χ1) is 21.9. The van der Waals surface area contributed by atoms with Crippen LogP contribution in [0.3, 0.4) is 0 Å². The van der Waals surface area contributed by atoms with Crippen molar-refractivity contribution in [3.8, 4) is 23.2 Å². The van der Waals surface area contributed by atoms with E-state index >= 15 is 4.39 Å². The molecule has 6 rings (SSSR count). The van der Waals surface area contributed by atoms with Crippen molar-refractivity contribution in [1.29, 1.82) is 5.26 Å². The highest BCUT2D eigenvalue weighted by Crippen LogP contribution is 2.48. The van der Waals surface area contributed by atoms with E-state index in [-0.39, 0.29) is 63.0 Å². The van der Waals surface area contributed by atoms with Gasteiger partial charge in [-0.25, -0.2) is 13.2 Å². The minimum Gasteiger partial charge on any atom is -0.461 e. The molecule has 46 heavy (non-hydrogen) atoms. The van der Waals surface area contributed by atoms with Gasteiger partial charge in [-0.1, -0.05) is 26.8 Å². The van der Waals surface area contributed by atoms with Gasteiger partial charge in [-0.15, -0.1) is 11.3 Å². The first-order valence-corrected chi connectivity index (χ1v) is 16.0. The summed E-state index contributed by atoms with van der Waals surface area (Å²) in [5.74, 6) is -2.11. The lowest BCUT2D eigenvalue weighted by Crippen LogP contribution is -2.43. The van der Waals surface area contributed by atoms with Crippen LogP contribution in [-0.2, 0) is 6.18 Å². The zero-order chi connectivity index (χ0) is 33.6. The number of alkyl halides is 4. The second-order valence-electron chi connectivity index (χ2n) is 11.4. The van der Waals surface area contributed by atoms with Crippen molar-refractivity contribution in [2.75, 3.05) is 43.9 Å². The first-order valence-electron chi connectivity index (χ1n) is 15.1. The van der Waals surface area contributed by atoms with Crippen LogP contribution < -0.4 is 15.4 Å². The second-order valence-corrected chi connectivity index (χ2v) is 12.4. The molecule has 2 unspecified atom stereocenters. The SMILES string of the molecule is CC.CCCN(C)c1nc(OCC23CCCN2CC(F)C3)nc2c(F)c(-c3ccc(F)c4sc(N)c(C#N)c34)c(C(F)(F)F)cc12. The molecular formula is C32H34F6N6OS. The maximum Gasteiger partial charge on any atom is 0.417 e. The van der Waals surface area contributed by atoms with Crippen molar-refractivity contribution in [1.82, 2.24) is 14.9 Å². The van der Waals surface area contributed by atoms with Crippen LogP contribution in [-0.4, -0.2) is 59.9 Å². The molecule has 0 saturated carbocycles. The van der Waals surface area contributed by atoms with Crippen LogP contribution >= 0.6 is 11.3 Å². The van der Waals surface area contributed by atoms with Gasteiger partial charge in [0.05, 0.1) is 21.4 Å². The Balaban J connectivity index is 0.00000204. The highest BCUT2D eigenvalue weighted by molar-refractivity contribution is 7.23. The molecule has 2 aliphatic heterocycles. The van der Waals surface area contributed by atoms with Crippen molar-refractivity contribution < 1.29 is 31.1 Å². The molecule has 2 aromatic heterocycles. The normalized spacial score (nSPS) is 19.6. The predicted octanol–water partition coefficient (Wildman–Crippen LogP) is 8.09. The number of hydrogen-bond acceptors (Lipinski definition) is 8. The molecule has 14 heteroatoms. The summed E-state index contributed by atoms with van der Waals surface area (Å²) >= 11 is 0.695. The topological polar surface area (TPSA) is 91.3 Å². The van der Waals surface area contributed by atoms with Crippen molar-refractivity contribution >= 4 is 43.1 Å². The minimum atomic E-state index is -5.05. The molecule has 0 bridgehead atoms. The maximum atomic E-state index is 16.7. The van der Waals surface area contributed by atoms with Gasteiger partial charge in [0.15, 0.2) is 5.82 Å². The standard InChI is InChI=1S/C30H28F6N6OS.C2H6/c1-3-8-41(2)27-17-10-19(30(34,35)36)22(16-5-6-20(32)25-21(16)18(12-37)26(38)44-25)23(33)24(17)39-28(40-27)43-14-29-7-4-9-42(29)13-15(31)11-29;1-2/h5-6,10,15H,3-4,7-9,11,13-14,38H2,1-2H3;1-2H3. The summed E-state index contributed by atoms with van der Waals surface area (Å²) in [5, 5.41) is 9.21. The second kappa shape index (κ2) is 12.8. The molecule has 246 valence electrons. The van der Waals surface area contributed by atoms with Crippen molar-refractivity contribution in [2.24, 2.45) is 0 Å². The summed E-state index contributed by atoms with van der Waals surface area (Å²) in [6.07, 6.45) is -3.62. The predicted molar refractivity (Wildman–Crippen MR) is 168 cm³/mol. The number of nitriles is 1. The number of aromatic nitrogens is 2. The third-order valence-corrected chi connectivity index (χ3v) is 9.57. The number of nitrogen functional groups attached to an aromatic ring is 1. The van der Waals surface area contributed by atoms with Gasteiger partial charge < -0.3 is 15.4 Å². The molecule has 7 nitrogen and oxygen atoms in total. The molecular weight excluding hydrogens is 630 g/mol. The number of nitrogens with two attached hydrogens (primary N) is 1. The average Bonchev–Trinajstić information content (AvgIpc) is 3.66. The number of benzene rings is 2. The van der Waals surface area contributed by atoms with E-state index in [0.717, 1.165) is 31.2 Å². The van der Waals surface area contributed by atoms with Crippen LogP contribution in [0.25, 0.3) is 32.1 Å². The van der Waals surface area contributed by atoms with Crippen LogP contribution in [0.1, 0.15) is 57.6 Å². The highest BCUT2D eigenvalue weighted by Gasteiger charge is 2.49. The van der Waals surface area contributed by atoms with Gasteiger partial charge in [-0.3, -0.25) is 4.90 Å². The van der Waals surface area contributed by atoms with E-state index in [1.165, 1.54) is 0 Å². The van der Waals surface area contributed by atoms with Gasteiger partial charge in [0.2, 0.25) is 0 Å². The van der Waals surface area contributed by atoms with E-state index in [9.17, 15) is 27.2 Å². The lowest BCUT2D eigenvalue weighted by Gasteiger charge is -2.31. The van der Waals surface area contributed by atoms with E-state index in [1.54, 1.807) is 11.9 Å². The number of rotatable bonds is 7. The lowest BCUT2D eigenvalue weighted by atomic mass is 9.92. The fraction of sp³-hybridized carbons (Fsp3) is 0.469. The van der Waals surface area contributed by atoms with Crippen LogP contribution in [0.4, 0.5) is 37.2 Å². The first kappa shape index (κ1) is 33.5. The van der Waals surface area contributed by atoms with Crippen LogP contribution in [0.2, 0.25) is 0 Å². The summed E-state index contributed by atoms with van der Waals surface area (Å²) in [7, 11) is 1.62. The average molecular weight is 665 g/mol. The number of halogens is 6. The number of ether oxygens (including phenoxy) is 1. The summed E-state index contributed by atoms with van der Waals surface area (Å²) < 4.78 is 95.7. The van der Waals surface area contributed by atoms with Crippen molar-refractivity contribution in [3.05, 3.63) is 41.0 Å². The monoisotopic (exact) mass is 664 g/mol. The Kier molecular flexibility index (Phi) is 9.30. The third-order valence-electron chi connectivity index (χ3n) is 8.55. The molecule has 2 N–H and O–H groups in total. The lowest BCUT2D eigenvalue weighted by molar-refractivity contribution is -0.137. The summed E-state index contributed by atoms with van der Waals surface area (Å²) in [6.45, 7) is 7.29. The minimum absolute atomic E-state index is 0.0279. The molecule has 0 aliphatic carbocycles. The van der Waals surface area contributed by atoms with Gasteiger partial charge in [0.25, 0.3) is 0 Å². The van der Waals surface area contributed by atoms with Gasteiger partial charge in [-0.05, 0) is 43.5 Å². The highest BCUT2D eigenvalue weighted by atomic mass is 32.1. The molecule has 4 heterocycles. The number of anilines is 2. The number of thiophene rings is 1. The Morgan fingerprint density at radius 3 is 2.65 bits per heavy atom. The number of hydrogen-bond donors (Lipinski definition) is 1. The Labute approximate surface area is 266 Å². The Bertz CT molecular complexity index is 1820. The Morgan fingerprint density at radius 1 is 1.24 bits per heavy atom. The Morgan fingerprint density at radius 2 is 1.98 bits per heavy atom. The quantitative estimate of drug-likeness (QED) is 0.200. The molecule has 2 aromatic carbocycles. The van der Waals surface area contributed by atoms with Crippen molar-refractivity contribution in [3.63, 3.8) is 0 Å². The van der Waals surface area contributed by atoms with Crippen LogP contribution in [0.15, 0.2) is 18.2 Å². The molecule has 4 aromatic rings. The zero-order valence-electron chi connectivity index (χ0n) is 25.9. The third kappa shape index (κ3) is 5.68. The van der Waals surface area contributed by atoms with E-state index in [0.29, 0.717) is 30.7 Å². The number of fused-ring (bicyclic) bond motifs is 3. The smallest absolute Gasteiger partial charge is 0.417 e. The molecule has 2 atom stereocenters. The number of nitrogens with zero attached hydrogens (tertiary/aromatic N) is 5. The largest absolute Gasteiger partial charge is 0.461 e. The Hall–Kier alpha value is -3.83. The molecule has 2 aliphatic rings. The molecule has 0 spiro atoms. The van der Waals surface area contributed by atoms with Gasteiger partial charge in [0, 0.05) is 42.9 Å². The summed E-state index contributed by atoms with van der Waals surface area (Å²) in [4.78, 5) is 12.3. The van der Waals surface area contributed by atoms with E-state index in [2.05, 4.69) is 9.97 Å². The van der Waals surface area contributed by atoms with E-state index in [4.69, 9.17) is 10.5 Å². The van der Waals surface area contributed by atoms with E-state index < -0.39 is 46.2 Å². The fourth-order valence-electron chi connectivity index (χ4n) is 6.63. The fourth-order valence-corrected chi connectivity index (χ4v) is 7.58.